The number of halogens is 4. The molecule has 0 spiro atoms. The van der Waals surface area contributed by atoms with Crippen LogP contribution in [0.5, 0.6) is 11.5 Å². The Morgan fingerprint density at radius 2 is 0.833 bits per heavy atom. The van der Waals surface area contributed by atoms with Gasteiger partial charge >= 0.3 is 23.9 Å². The molecular formula is C16H4F4O9S. The lowest BCUT2D eigenvalue weighted by Crippen LogP contribution is -2.19. The number of carboxylic acid groups (broad SMARTS) is 4. The molecule has 0 aliphatic carbocycles. The summed E-state index contributed by atoms with van der Waals surface area (Å²) in [4.78, 5) is 42.6. The highest BCUT2D eigenvalue weighted by molar-refractivity contribution is 7.99. The molecule has 2 aromatic rings. The van der Waals surface area contributed by atoms with Crippen LogP contribution in [0, 0.1) is 23.3 Å². The molecule has 9 nitrogen and oxygen atoms in total. The van der Waals surface area contributed by atoms with E-state index < -0.39 is 90.7 Å². The van der Waals surface area contributed by atoms with Gasteiger partial charge in [0.05, 0.1) is 9.79 Å². The van der Waals surface area contributed by atoms with Crippen LogP contribution < -0.4 is 4.74 Å². The summed E-state index contributed by atoms with van der Waals surface area (Å²) < 4.78 is 63.3. The molecular weight excluding hydrogens is 444 g/mol. The molecule has 1 heterocycles. The Bertz CT molecular complexity index is 1030. The van der Waals surface area contributed by atoms with E-state index in [9.17, 15) is 36.7 Å². The summed E-state index contributed by atoms with van der Waals surface area (Å²) in [7, 11) is 0. The molecule has 4 N–H and O–H groups in total. The van der Waals surface area contributed by atoms with Crippen molar-refractivity contribution in [2.24, 2.45) is 0 Å². The first kappa shape index (κ1) is 20.9. The van der Waals surface area contributed by atoms with Gasteiger partial charge in [0.15, 0.2) is 34.8 Å². The van der Waals surface area contributed by atoms with Crippen molar-refractivity contribution in [2.45, 2.75) is 9.79 Å². The third-order valence-corrected chi connectivity index (χ3v) is 4.99. The molecule has 156 valence electrons. The van der Waals surface area contributed by atoms with E-state index in [2.05, 4.69) is 4.74 Å². The molecule has 3 rings (SSSR count). The highest BCUT2D eigenvalue weighted by Crippen LogP contribution is 2.53. The van der Waals surface area contributed by atoms with Crippen molar-refractivity contribution in [3.63, 3.8) is 0 Å². The number of hydrogen-bond donors (Lipinski definition) is 4. The minimum absolute atomic E-state index is 0.199. The monoisotopic (exact) mass is 448 g/mol. The molecule has 0 saturated heterocycles. The third kappa shape index (κ3) is 2.80. The molecule has 0 radical (unpaired) electrons. The average molecular weight is 448 g/mol. The molecule has 1 aliphatic heterocycles. The van der Waals surface area contributed by atoms with Crippen LogP contribution in [0.3, 0.4) is 0 Å². The Morgan fingerprint density at radius 1 is 0.567 bits per heavy atom. The fraction of sp³-hybridized carbons (Fsp3) is 0. The first-order valence-corrected chi connectivity index (χ1v) is 8.10. The summed E-state index contributed by atoms with van der Waals surface area (Å²) in [6.07, 6.45) is 0. The van der Waals surface area contributed by atoms with Gasteiger partial charge in [0, 0.05) is 0 Å². The number of carbonyl (C=O) groups is 4. The third-order valence-electron chi connectivity index (χ3n) is 3.85. The highest BCUT2D eigenvalue weighted by atomic mass is 32.2. The molecule has 2 aromatic carbocycles. The largest absolute Gasteiger partial charge is 0.478 e. The first-order chi connectivity index (χ1) is 13.9. The Balaban J connectivity index is 2.42. The maximum absolute atomic E-state index is 14.7. The van der Waals surface area contributed by atoms with Crippen LogP contribution in [0.2, 0.25) is 0 Å². The summed E-state index contributed by atoms with van der Waals surface area (Å²) in [5.41, 5.74) is -6.63. The second-order valence-electron chi connectivity index (χ2n) is 5.50. The Kier molecular flexibility index (Phi) is 4.82. The quantitative estimate of drug-likeness (QED) is 0.436. The van der Waals surface area contributed by atoms with E-state index in [1.165, 1.54) is 0 Å². The topological polar surface area (TPSA) is 158 Å². The van der Waals surface area contributed by atoms with Crippen LogP contribution in [0.1, 0.15) is 41.4 Å². The normalized spacial score (nSPS) is 11.9. The van der Waals surface area contributed by atoms with Gasteiger partial charge < -0.3 is 25.2 Å². The van der Waals surface area contributed by atoms with Crippen molar-refractivity contribution >= 4 is 35.6 Å². The predicted molar refractivity (Wildman–Crippen MR) is 84.8 cm³/mol. The van der Waals surface area contributed by atoms with Gasteiger partial charge in [-0.1, -0.05) is 11.8 Å². The van der Waals surface area contributed by atoms with E-state index in [0.717, 1.165) is 0 Å². The zero-order valence-corrected chi connectivity index (χ0v) is 14.6. The fourth-order valence-corrected chi connectivity index (χ4v) is 3.70. The van der Waals surface area contributed by atoms with Crippen LogP contribution >= 0.6 is 11.8 Å². The minimum Gasteiger partial charge on any atom is -0.478 e. The van der Waals surface area contributed by atoms with E-state index in [0.29, 0.717) is 0 Å². The molecule has 14 heteroatoms. The summed E-state index contributed by atoms with van der Waals surface area (Å²) in [5, 5.41) is 36.1. The van der Waals surface area contributed by atoms with Crippen molar-refractivity contribution in [1.29, 1.82) is 0 Å². The van der Waals surface area contributed by atoms with Crippen molar-refractivity contribution in [2.75, 3.05) is 0 Å². The van der Waals surface area contributed by atoms with Crippen LogP contribution in [-0.2, 0) is 0 Å². The summed E-state index contributed by atoms with van der Waals surface area (Å²) in [6, 6.07) is 0. The number of ether oxygens (including phenoxy) is 1. The van der Waals surface area contributed by atoms with Gasteiger partial charge in [-0.3, -0.25) is 0 Å². The number of benzene rings is 2. The van der Waals surface area contributed by atoms with Crippen LogP contribution in [0.25, 0.3) is 0 Å². The van der Waals surface area contributed by atoms with Crippen molar-refractivity contribution in [1.82, 2.24) is 0 Å². The lowest BCUT2D eigenvalue weighted by atomic mass is 10.0. The van der Waals surface area contributed by atoms with Crippen LogP contribution in [-0.4, -0.2) is 44.3 Å². The number of hydrogen-bond acceptors (Lipinski definition) is 6. The minimum atomic E-state index is -2.22. The number of rotatable bonds is 4. The summed E-state index contributed by atoms with van der Waals surface area (Å²) >= 11 is -0.199. The Labute approximate surface area is 165 Å². The van der Waals surface area contributed by atoms with E-state index in [1.54, 1.807) is 0 Å². The molecule has 0 fully saturated rings. The lowest BCUT2D eigenvalue weighted by molar-refractivity contribution is 0.0639. The van der Waals surface area contributed by atoms with Gasteiger partial charge in [0.1, 0.15) is 22.3 Å². The standard InChI is InChI=1S/C16H4F4O9S/c17-5-1(13(21)22)3(15(25)26)7(19)11-9(5)29-10-6(18)2(14(23)24)4(16(27)28)8(20)12(10)30-11/h(H,21,22)(H,23,24)(H,25,26)(H,27,28). The number of fused-ring (bicyclic) bond motifs is 2. The molecule has 0 amide bonds. The molecule has 0 bridgehead atoms. The number of carboxylic acids is 4. The second kappa shape index (κ2) is 6.91. The number of aromatic carboxylic acids is 4. The second-order valence-corrected chi connectivity index (χ2v) is 6.52. The SMILES string of the molecule is O=C(O)c1c(F)c2c(c(F)c1C(=O)O)Sc1c(F)c(C(=O)O)c(C(=O)O)c(F)c1O2. The van der Waals surface area contributed by atoms with Crippen molar-refractivity contribution in [3.8, 4) is 11.5 Å². The van der Waals surface area contributed by atoms with E-state index >= 15 is 0 Å². The Hall–Kier alpha value is -3.81. The zero-order chi connectivity index (χ0) is 22.7. The molecule has 1 aliphatic rings. The van der Waals surface area contributed by atoms with Gasteiger partial charge in [-0.25, -0.2) is 36.7 Å². The van der Waals surface area contributed by atoms with Gasteiger partial charge in [0.2, 0.25) is 0 Å². The summed E-state index contributed by atoms with van der Waals surface area (Å²) in [6.45, 7) is 0. The van der Waals surface area contributed by atoms with Gasteiger partial charge in [-0.15, -0.1) is 0 Å². The summed E-state index contributed by atoms with van der Waals surface area (Å²) in [5.74, 6) is -19.2. The Morgan fingerprint density at radius 3 is 1.10 bits per heavy atom. The maximum Gasteiger partial charge on any atom is 0.339 e. The highest BCUT2D eigenvalue weighted by Gasteiger charge is 2.41. The van der Waals surface area contributed by atoms with E-state index in [1.807, 2.05) is 0 Å². The van der Waals surface area contributed by atoms with E-state index in [-0.39, 0.29) is 11.8 Å². The maximum atomic E-state index is 14.7. The molecule has 0 unspecified atom stereocenters. The van der Waals surface area contributed by atoms with Crippen LogP contribution in [0.15, 0.2) is 9.79 Å². The van der Waals surface area contributed by atoms with Crippen molar-refractivity contribution in [3.05, 3.63) is 45.5 Å². The van der Waals surface area contributed by atoms with Gasteiger partial charge in [-0.05, 0) is 0 Å². The zero-order valence-electron chi connectivity index (χ0n) is 13.8. The lowest BCUT2D eigenvalue weighted by Gasteiger charge is -2.24. The fourth-order valence-electron chi connectivity index (χ4n) is 2.66. The first-order valence-electron chi connectivity index (χ1n) is 7.28. The van der Waals surface area contributed by atoms with Gasteiger partial charge in [-0.2, -0.15) is 0 Å². The molecule has 0 saturated carbocycles. The average Bonchev–Trinajstić information content (AvgIpc) is 2.64. The van der Waals surface area contributed by atoms with Gasteiger partial charge in [0.25, 0.3) is 0 Å². The molecule has 0 atom stereocenters. The molecule has 0 aromatic heterocycles. The smallest absolute Gasteiger partial charge is 0.339 e. The molecule has 30 heavy (non-hydrogen) atoms. The predicted octanol–water partition coefficient (Wildman–Crippen LogP) is 3.29. The van der Waals surface area contributed by atoms with E-state index in [4.69, 9.17) is 20.4 Å². The van der Waals surface area contributed by atoms with Crippen LogP contribution in [0.4, 0.5) is 17.6 Å². The van der Waals surface area contributed by atoms with Crippen molar-refractivity contribution < 1.29 is 61.9 Å².